The van der Waals surface area contributed by atoms with Gasteiger partial charge < -0.3 is 15.5 Å². The van der Waals surface area contributed by atoms with Crippen LogP contribution in [0.2, 0.25) is 0 Å². The smallest absolute Gasteiger partial charge is 0.251 e. The second kappa shape index (κ2) is 4.28. The van der Waals surface area contributed by atoms with E-state index in [-0.39, 0.29) is 5.91 Å². The van der Waals surface area contributed by atoms with E-state index in [1.165, 1.54) is 0 Å². The molecule has 2 unspecified atom stereocenters. The monoisotopic (exact) mass is 245 g/mol. The van der Waals surface area contributed by atoms with E-state index in [0.717, 1.165) is 24.3 Å². The first-order chi connectivity index (χ1) is 8.66. The molecular weight excluding hydrogens is 226 g/mol. The lowest BCUT2D eigenvalue weighted by Crippen LogP contribution is -2.32. The van der Waals surface area contributed by atoms with Crippen molar-refractivity contribution in [3.05, 3.63) is 29.8 Å². The summed E-state index contributed by atoms with van der Waals surface area (Å²) in [5.41, 5.74) is 1.81. The van der Waals surface area contributed by atoms with Gasteiger partial charge >= 0.3 is 0 Å². The van der Waals surface area contributed by atoms with E-state index in [1.807, 2.05) is 43.3 Å². The van der Waals surface area contributed by atoms with Gasteiger partial charge in [0.15, 0.2) is 0 Å². The van der Waals surface area contributed by atoms with Crippen LogP contribution in [0, 0.1) is 11.8 Å². The lowest BCUT2D eigenvalue weighted by atomic mass is 10.2. The second-order valence-corrected chi connectivity index (χ2v) is 5.43. The van der Waals surface area contributed by atoms with Gasteiger partial charge in [-0.25, -0.2) is 0 Å². The van der Waals surface area contributed by atoms with Gasteiger partial charge in [-0.2, -0.15) is 0 Å². The maximum atomic E-state index is 12.2. The van der Waals surface area contributed by atoms with Gasteiger partial charge in [-0.05, 0) is 30.0 Å². The molecule has 1 saturated carbocycles. The fourth-order valence-electron chi connectivity index (χ4n) is 2.79. The Morgan fingerprint density at radius 2 is 2.06 bits per heavy atom. The molecule has 1 amide bonds. The van der Waals surface area contributed by atoms with Gasteiger partial charge in [-0.1, -0.05) is 6.07 Å². The average molecular weight is 245 g/mol. The Morgan fingerprint density at radius 3 is 2.72 bits per heavy atom. The van der Waals surface area contributed by atoms with Crippen molar-refractivity contribution < 1.29 is 4.79 Å². The molecule has 2 aliphatic rings. The van der Waals surface area contributed by atoms with E-state index < -0.39 is 0 Å². The number of benzene rings is 1. The Bertz CT molecular complexity index is 462. The molecule has 1 aromatic carbocycles. The molecule has 4 nitrogen and oxygen atoms in total. The largest absolute Gasteiger partial charge is 0.378 e. The third-order valence-electron chi connectivity index (χ3n) is 4.01. The van der Waals surface area contributed by atoms with E-state index in [2.05, 4.69) is 10.6 Å². The van der Waals surface area contributed by atoms with Crippen LogP contribution in [0.1, 0.15) is 10.4 Å². The predicted molar refractivity (Wildman–Crippen MR) is 71.9 cm³/mol. The minimum Gasteiger partial charge on any atom is -0.378 e. The summed E-state index contributed by atoms with van der Waals surface area (Å²) in [6.07, 6.45) is 0. The van der Waals surface area contributed by atoms with Gasteiger partial charge in [0.25, 0.3) is 5.91 Å². The third-order valence-corrected chi connectivity index (χ3v) is 4.01. The number of piperidine rings is 1. The van der Waals surface area contributed by atoms with Crippen molar-refractivity contribution in [2.75, 3.05) is 32.1 Å². The molecule has 0 aromatic heterocycles. The van der Waals surface area contributed by atoms with Gasteiger partial charge in [0, 0.05) is 44.5 Å². The molecule has 0 bridgehead atoms. The molecule has 1 aliphatic carbocycles. The Balaban J connectivity index is 1.67. The highest BCUT2D eigenvalue weighted by Gasteiger charge is 2.53. The summed E-state index contributed by atoms with van der Waals surface area (Å²) in [6.45, 7) is 2.10. The molecule has 1 heterocycles. The van der Waals surface area contributed by atoms with Crippen molar-refractivity contribution in [2.45, 2.75) is 6.04 Å². The first kappa shape index (κ1) is 11.5. The van der Waals surface area contributed by atoms with E-state index >= 15 is 0 Å². The standard InChI is InChI=1S/C14H19N3O/c1-17(2)10-5-3-4-9(6-10)14(18)16-13-11-7-15-8-12(11)13/h3-6,11-13,15H,7-8H2,1-2H3,(H,16,18). The summed E-state index contributed by atoms with van der Waals surface area (Å²) >= 11 is 0. The molecule has 18 heavy (non-hydrogen) atoms. The van der Waals surface area contributed by atoms with E-state index in [0.29, 0.717) is 17.9 Å². The molecule has 2 N–H and O–H groups in total. The van der Waals surface area contributed by atoms with Crippen LogP contribution in [0.25, 0.3) is 0 Å². The maximum Gasteiger partial charge on any atom is 0.251 e. The van der Waals surface area contributed by atoms with Crippen LogP contribution in [0.5, 0.6) is 0 Å². The summed E-state index contributed by atoms with van der Waals surface area (Å²) in [4.78, 5) is 14.2. The zero-order valence-corrected chi connectivity index (χ0v) is 10.8. The Kier molecular flexibility index (Phi) is 2.74. The number of nitrogens with zero attached hydrogens (tertiary/aromatic N) is 1. The molecule has 1 aromatic rings. The molecule has 0 spiro atoms. The fourth-order valence-corrected chi connectivity index (χ4v) is 2.79. The number of hydrogen-bond acceptors (Lipinski definition) is 3. The number of amides is 1. The zero-order valence-electron chi connectivity index (χ0n) is 10.8. The van der Waals surface area contributed by atoms with Crippen LogP contribution < -0.4 is 15.5 Å². The molecule has 0 radical (unpaired) electrons. The number of anilines is 1. The van der Waals surface area contributed by atoms with Gasteiger partial charge in [0.1, 0.15) is 0 Å². The number of carbonyl (C=O) groups excluding carboxylic acids is 1. The van der Waals surface area contributed by atoms with Crippen LogP contribution in [-0.4, -0.2) is 39.1 Å². The van der Waals surface area contributed by atoms with E-state index in [9.17, 15) is 4.79 Å². The highest BCUT2D eigenvalue weighted by atomic mass is 16.1. The maximum absolute atomic E-state index is 12.2. The summed E-state index contributed by atoms with van der Waals surface area (Å²) in [5.74, 6) is 1.37. The number of fused-ring (bicyclic) bond motifs is 1. The quantitative estimate of drug-likeness (QED) is 0.824. The molecule has 2 fully saturated rings. The van der Waals surface area contributed by atoms with Gasteiger partial charge in [0.05, 0.1) is 0 Å². The molecule has 2 atom stereocenters. The average Bonchev–Trinajstić information content (AvgIpc) is 2.81. The minimum absolute atomic E-state index is 0.0538. The number of nitrogens with one attached hydrogen (secondary N) is 2. The Labute approximate surface area is 107 Å². The van der Waals surface area contributed by atoms with E-state index in [4.69, 9.17) is 0 Å². The Hall–Kier alpha value is -1.55. The van der Waals surface area contributed by atoms with Crippen LogP contribution in [0.3, 0.4) is 0 Å². The molecule has 1 aliphatic heterocycles. The van der Waals surface area contributed by atoms with Crippen LogP contribution in [-0.2, 0) is 0 Å². The molecule has 1 saturated heterocycles. The zero-order chi connectivity index (χ0) is 12.7. The normalized spacial score (nSPS) is 28.7. The van der Waals surface area contributed by atoms with Crippen molar-refractivity contribution in [3.63, 3.8) is 0 Å². The summed E-state index contributed by atoms with van der Waals surface area (Å²) in [5, 5.41) is 6.47. The first-order valence-corrected chi connectivity index (χ1v) is 6.46. The first-order valence-electron chi connectivity index (χ1n) is 6.46. The van der Waals surface area contributed by atoms with Crippen molar-refractivity contribution in [1.82, 2.24) is 10.6 Å². The van der Waals surface area contributed by atoms with Crippen LogP contribution >= 0.6 is 0 Å². The molecular formula is C14H19N3O. The van der Waals surface area contributed by atoms with Gasteiger partial charge in [-0.15, -0.1) is 0 Å². The minimum atomic E-state index is 0.0538. The number of hydrogen-bond donors (Lipinski definition) is 2. The van der Waals surface area contributed by atoms with Crippen molar-refractivity contribution in [2.24, 2.45) is 11.8 Å². The molecule has 96 valence electrons. The van der Waals surface area contributed by atoms with E-state index in [1.54, 1.807) is 0 Å². The number of carbonyl (C=O) groups is 1. The van der Waals surface area contributed by atoms with Crippen molar-refractivity contribution in [3.8, 4) is 0 Å². The lowest BCUT2D eigenvalue weighted by Gasteiger charge is -2.14. The second-order valence-electron chi connectivity index (χ2n) is 5.43. The number of rotatable bonds is 3. The molecule has 3 rings (SSSR count). The Morgan fingerprint density at radius 1 is 1.33 bits per heavy atom. The van der Waals surface area contributed by atoms with Crippen LogP contribution in [0.15, 0.2) is 24.3 Å². The third kappa shape index (κ3) is 1.97. The summed E-state index contributed by atoms with van der Waals surface area (Å²) in [6, 6.07) is 8.14. The topological polar surface area (TPSA) is 44.4 Å². The summed E-state index contributed by atoms with van der Waals surface area (Å²) in [7, 11) is 3.96. The SMILES string of the molecule is CN(C)c1cccc(C(=O)NC2C3CNCC32)c1. The fraction of sp³-hybridized carbons (Fsp3) is 0.500. The highest BCUT2D eigenvalue weighted by Crippen LogP contribution is 2.41. The van der Waals surface area contributed by atoms with Crippen molar-refractivity contribution in [1.29, 1.82) is 0 Å². The van der Waals surface area contributed by atoms with Gasteiger partial charge in [-0.3, -0.25) is 4.79 Å². The van der Waals surface area contributed by atoms with Crippen LogP contribution in [0.4, 0.5) is 5.69 Å². The van der Waals surface area contributed by atoms with Crippen molar-refractivity contribution >= 4 is 11.6 Å². The predicted octanol–water partition coefficient (Wildman–Crippen LogP) is 0.700. The highest BCUT2D eigenvalue weighted by molar-refractivity contribution is 5.95. The molecule has 4 heteroatoms. The lowest BCUT2D eigenvalue weighted by molar-refractivity contribution is 0.0946. The van der Waals surface area contributed by atoms with Gasteiger partial charge in [0.2, 0.25) is 0 Å². The summed E-state index contributed by atoms with van der Waals surface area (Å²) < 4.78 is 0.